The Balaban J connectivity index is 1.91. The van der Waals surface area contributed by atoms with Crippen LogP contribution in [0.15, 0.2) is 41.6 Å². The number of aromatic nitrogens is 2. The number of nitrogens with one attached hydrogen (secondary N) is 1. The predicted octanol–water partition coefficient (Wildman–Crippen LogP) is 2.65. The van der Waals surface area contributed by atoms with Crippen LogP contribution in [0.25, 0.3) is 0 Å². The number of hydrogen-bond donors (Lipinski definition) is 1. The number of thioether (sulfide) groups is 1. The van der Waals surface area contributed by atoms with E-state index < -0.39 is 0 Å². The number of nitrogens with zero attached hydrogens (tertiary/aromatic N) is 2. The standard InChI is InChI=1S/C15H21N3S/c1-12-6-4-5-7-15(12)19-11-14(16-2)8-13-9-17-18(3)10-13/h4-7,9-10,14,16H,8,11H2,1-3H3. The van der Waals surface area contributed by atoms with Gasteiger partial charge in [0.15, 0.2) is 0 Å². The molecule has 102 valence electrons. The second-order valence-electron chi connectivity index (χ2n) is 4.79. The molecule has 1 atom stereocenters. The summed E-state index contributed by atoms with van der Waals surface area (Å²) in [7, 11) is 3.99. The molecule has 0 aliphatic heterocycles. The smallest absolute Gasteiger partial charge is 0.0522 e. The van der Waals surface area contributed by atoms with Gasteiger partial charge in [-0.15, -0.1) is 11.8 Å². The summed E-state index contributed by atoms with van der Waals surface area (Å²) < 4.78 is 1.86. The van der Waals surface area contributed by atoms with Crippen LogP contribution in [0, 0.1) is 6.92 Å². The third-order valence-corrected chi connectivity index (χ3v) is 4.52. The Kier molecular flexibility index (Phi) is 5.05. The fourth-order valence-electron chi connectivity index (χ4n) is 2.01. The van der Waals surface area contributed by atoms with Crippen LogP contribution in [0.5, 0.6) is 0 Å². The van der Waals surface area contributed by atoms with Gasteiger partial charge in [0, 0.05) is 29.9 Å². The molecule has 1 aromatic heterocycles. The van der Waals surface area contributed by atoms with E-state index in [2.05, 4.69) is 47.8 Å². The molecule has 1 N–H and O–H groups in total. The number of likely N-dealkylation sites (N-methyl/N-ethyl adjacent to an activating group) is 1. The maximum atomic E-state index is 4.22. The van der Waals surface area contributed by atoms with E-state index in [0.29, 0.717) is 6.04 Å². The van der Waals surface area contributed by atoms with E-state index in [1.807, 2.05) is 36.7 Å². The van der Waals surface area contributed by atoms with Crippen LogP contribution in [0.3, 0.4) is 0 Å². The Morgan fingerprint density at radius 2 is 2.16 bits per heavy atom. The predicted molar refractivity (Wildman–Crippen MR) is 81.7 cm³/mol. The van der Waals surface area contributed by atoms with Crippen molar-refractivity contribution in [1.29, 1.82) is 0 Å². The molecule has 1 unspecified atom stereocenters. The van der Waals surface area contributed by atoms with Gasteiger partial charge >= 0.3 is 0 Å². The Bertz CT molecular complexity index is 522. The quantitative estimate of drug-likeness (QED) is 0.822. The maximum absolute atomic E-state index is 4.22. The van der Waals surface area contributed by atoms with Gasteiger partial charge in [0.2, 0.25) is 0 Å². The second kappa shape index (κ2) is 6.78. The highest BCUT2D eigenvalue weighted by Crippen LogP contribution is 2.23. The highest BCUT2D eigenvalue weighted by Gasteiger charge is 2.10. The van der Waals surface area contributed by atoms with Crippen molar-refractivity contribution < 1.29 is 0 Å². The van der Waals surface area contributed by atoms with Gasteiger partial charge in [0.1, 0.15) is 0 Å². The molecular formula is C15H21N3S. The van der Waals surface area contributed by atoms with Crippen LogP contribution in [0.1, 0.15) is 11.1 Å². The Morgan fingerprint density at radius 1 is 1.37 bits per heavy atom. The molecule has 4 heteroatoms. The van der Waals surface area contributed by atoms with Gasteiger partial charge < -0.3 is 5.32 Å². The molecule has 1 aromatic carbocycles. The van der Waals surface area contributed by atoms with E-state index in [0.717, 1.165) is 12.2 Å². The molecule has 0 spiro atoms. The first kappa shape index (κ1) is 14.2. The summed E-state index contributed by atoms with van der Waals surface area (Å²) in [5.41, 5.74) is 2.64. The van der Waals surface area contributed by atoms with Gasteiger partial charge in [-0.05, 0) is 37.6 Å². The summed E-state index contributed by atoms with van der Waals surface area (Å²) in [5, 5.41) is 7.61. The summed E-state index contributed by atoms with van der Waals surface area (Å²) in [5.74, 6) is 1.07. The molecule has 1 heterocycles. The molecule has 0 radical (unpaired) electrons. The Morgan fingerprint density at radius 3 is 2.79 bits per heavy atom. The monoisotopic (exact) mass is 275 g/mol. The zero-order valence-electron chi connectivity index (χ0n) is 11.8. The van der Waals surface area contributed by atoms with Crippen molar-refractivity contribution in [2.45, 2.75) is 24.3 Å². The van der Waals surface area contributed by atoms with Crippen molar-refractivity contribution in [3.8, 4) is 0 Å². The second-order valence-corrected chi connectivity index (χ2v) is 5.85. The minimum atomic E-state index is 0.466. The first-order valence-electron chi connectivity index (χ1n) is 6.52. The highest BCUT2D eigenvalue weighted by atomic mass is 32.2. The van der Waals surface area contributed by atoms with E-state index in [1.165, 1.54) is 16.0 Å². The Labute approximate surface area is 119 Å². The van der Waals surface area contributed by atoms with Gasteiger partial charge in [0.25, 0.3) is 0 Å². The first-order valence-corrected chi connectivity index (χ1v) is 7.51. The van der Waals surface area contributed by atoms with Gasteiger partial charge in [-0.2, -0.15) is 5.10 Å². The molecule has 3 nitrogen and oxygen atoms in total. The van der Waals surface area contributed by atoms with E-state index in [9.17, 15) is 0 Å². The van der Waals surface area contributed by atoms with E-state index in [1.54, 1.807) is 0 Å². The van der Waals surface area contributed by atoms with Crippen molar-refractivity contribution in [2.24, 2.45) is 7.05 Å². The molecule has 0 aliphatic rings. The molecule has 0 saturated carbocycles. The number of rotatable bonds is 6. The largest absolute Gasteiger partial charge is 0.316 e. The van der Waals surface area contributed by atoms with Crippen LogP contribution in [-0.4, -0.2) is 28.6 Å². The lowest BCUT2D eigenvalue weighted by Crippen LogP contribution is -2.29. The molecule has 0 bridgehead atoms. The van der Waals surface area contributed by atoms with Crippen LogP contribution in [0.2, 0.25) is 0 Å². The number of hydrogen-bond acceptors (Lipinski definition) is 3. The number of aryl methyl sites for hydroxylation is 2. The van der Waals surface area contributed by atoms with E-state index in [4.69, 9.17) is 0 Å². The van der Waals surface area contributed by atoms with Crippen LogP contribution < -0.4 is 5.32 Å². The summed E-state index contributed by atoms with van der Waals surface area (Å²) in [6, 6.07) is 9.01. The fourth-order valence-corrected chi connectivity index (χ4v) is 3.15. The lowest BCUT2D eigenvalue weighted by molar-refractivity contribution is 0.616. The van der Waals surface area contributed by atoms with Crippen molar-refractivity contribution in [2.75, 3.05) is 12.8 Å². The molecule has 2 aromatic rings. The van der Waals surface area contributed by atoms with Gasteiger partial charge in [0.05, 0.1) is 6.20 Å². The molecule has 19 heavy (non-hydrogen) atoms. The lowest BCUT2D eigenvalue weighted by Gasteiger charge is -2.15. The van der Waals surface area contributed by atoms with Crippen molar-refractivity contribution in [3.63, 3.8) is 0 Å². The third kappa shape index (κ3) is 4.11. The molecule has 0 saturated heterocycles. The first-order chi connectivity index (χ1) is 9.19. The Hall–Kier alpha value is -1.26. The maximum Gasteiger partial charge on any atom is 0.0522 e. The van der Waals surface area contributed by atoms with Gasteiger partial charge in [-0.1, -0.05) is 18.2 Å². The molecule has 0 aliphatic carbocycles. The summed E-state index contributed by atoms with van der Waals surface area (Å²) in [4.78, 5) is 1.37. The molecule has 2 rings (SSSR count). The lowest BCUT2D eigenvalue weighted by atomic mass is 10.1. The van der Waals surface area contributed by atoms with Gasteiger partial charge in [-0.25, -0.2) is 0 Å². The summed E-state index contributed by atoms with van der Waals surface area (Å²) in [6.45, 7) is 2.16. The summed E-state index contributed by atoms with van der Waals surface area (Å²) in [6.07, 6.45) is 5.05. The van der Waals surface area contributed by atoms with Crippen molar-refractivity contribution in [1.82, 2.24) is 15.1 Å². The molecular weight excluding hydrogens is 254 g/mol. The summed E-state index contributed by atoms with van der Waals surface area (Å²) >= 11 is 1.92. The average molecular weight is 275 g/mol. The van der Waals surface area contributed by atoms with Crippen LogP contribution >= 0.6 is 11.8 Å². The fraction of sp³-hybridized carbons (Fsp3) is 0.400. The SMILES string of the molecule is CNC(CSc1ccccc1C)Cc1cnn(C)c1. The number of benzene rings is 1. The van der Waals surface area contributed by atoms with E-state index in [-0.39, 0.29) is 0 Å². The van der Waals surface area contributed by atoms with Crippen molar-refractivity contribution >= 4 is 11.8 Å². The third-order valence-electron chi connectivity index (χ3n) is 3.18. The topological polar surface area (TPSA) is 29.9 Å². The normalized spacial score (nSPS) is 12.6. The minimum Gasteiger partial charge on any atom is -0.316 e. The van der Waals surface area contributed by atoms with Crippen LogP contribution in [0.4, 0.5) is 0 Å². The highest BCUT2D eigenvalue weighted by molar-refractivity contribution is 7.99. The van der Waals surface area contributed by atoms with E-state index >= 15 is 0 Å². The zero-order chi connectivity index (χ0) is 13.7. The average Bonchev–Trinajstić information content (AvgIpc) is 2.81. The molecule has 0 amide bonds. The van der Waals surface area contributed by atoms with Crippen LogP contribution in [-0.2, 0) is 13.5 Å². The van der Waals surface area contributed by atoms with Crippen molar-refractivity contribution in [3.05, 3.63) is 47.8 Å². The molecule has 0 fully saturated rings. The zero-order valence-corrected chi connectivity index (χ0v) is 12.6. The van der Waals surface area contributed by atoms with Gasteiger partial charge in [-0.3, -0.25) is 4.68 Å². The minimum absolute atomic E-state index is 0.466.